The average Bonchev–Trinajstić information content (AvgIpc) is 2.74. The molecule has 0 aliphatic carbocycles. The first kappa shape index (κ1) is 25.3. The highest BCUT2D eigenvalue weighted by Gasteiger charge is 2.22. The Balaban J connectivity index is 0.000000588. The zero-order valence-electron chi connectivity index (χ0n) is 18.4. The number of nitrogens with zero attached hydrogens (tertiary/aromatic N) is 3. The fraction of sp³-hybridized carbons (Fsp3) is 0.273. The van der Waals surface area contributed by atoms with Gasteiger partial charge in [-0.15, -0.1) is 0 Å². The van der Waals surface area contributed by atoms with Crippen LogP contribution in [0.4, 0.5) is 14.5 Å². The molecule has 0 amide bonds. The molecule has 2 heterocycles. The Hall–Kier alpha value is -3.35. The van der Waals surface area contributed by atoms with Crippen molar-refractivity contribution in [1.82, 2.24) is 9.47 Å². The monoisotopic (exact) mass is 495 g/mol. The van der Waals surface area contributed by atoms with Gasteiger partial charge in [0.25, 0.3) is 10.1 Å². The van der Waals surface area contributed by atoms with Crippen LogP contribution < -0.4 is 10.3 Å². The summed E-state index contributed by atoms with van der Waals surface area (Å²) in [5.74, 6) is -2.43. The van der Waals surface area contributed by atoms with E-state index in [1.807, 2.05) is 11.9 Å². The van der Waals surface area contributed by atoms with Gasteiger partial charge in [0.15, 0.2) is 0 Å². The van der Waals surface area contributed by atoms with Gasteiger partial charge in [-0.1, -0.05) is 0 Å². The molecule has 182 valence electrons. The third-order valence-corrected chi connectivity index (χ3v) is 5.25. The molecule has 9 nitrogen and oxygen atoms in total. The minimum atomic E-state index is -3.67. The molecule has 4 rings (SSSR count). The van der Waals surface area contributed by atoms with Crippen molar-refractivity contribution in [3.63, 3.8) is 0 Å². The molecule has 12 heteroatoms. The van der Waals surface area contributed by atoms with E-state index in [1.54, 1.807) is 6.07 Å². The predicted octanol–water partition coefficient (Wildman–Crippen LogP) is 2.22. The standard InChI is InChI=1S/C21H19F2N3O3.CH4O3S/c1-24-6-8-25(9-7-24)19-11-18-15(10-17(19)23)20(27)16(21(28)29)12-26(18)14-4-2-13(22)3-5-14;1-5(2,3)4/h2-5,10-12H,6-9H2,1H3,(H,28,29);1H3,(H,2,3,4). The van der Waals surface area contributed by atoms with E-state index in [9.17, 15) is 31.9 Å². The Kier molecular flexibility index (Phi) is 7.34. The number of piperazine rings is 1. The van der Waals surface area contributed by atoms with Crippen molar-refractivity contribution in [2.24, 2.45) is 0 Å². The van der Waals surface area contributed by atoms with Crippen LogP contribution in [0.5, 0.6) is 0 Å². The van der Waals surface area contributed by atoms with Crippen molar-refractivity contribution >= 4 is 32.7 Å². The highest BCUT2D eigenvalue weighted by atomic mass is 32.2. The number of aromatic nitrogens is 1. The topological polar surface area (TPSA) is 120 Å². The number of anilines is 1. The number of pyridine rings is 1. The number of rotatable bonds is 3. The molecule has 34 heavy (non-hydrogen) atoms. The van der Waals surface area contributed by atoms with Gasteiger partial charge in [0.2, 0.25) is 5.43 Å². The predicted molar refractivity (Wildman–Crippen MR) is 124 cm³/mol. The van der Waals surface area contributed by atoms with Crippen LogP contribution in [0.25, 0.3) is 16.6 Å². The van der Waals surface area contributed by atoms with Gasteiger partial charge >= 0.3 is 5.97 Å². The van der Waals surface area contributed by atoms with Gasteiger partial charge in [-0.05, 0) is 43.4 Å². The largest absolute Gasteiger partial charge is 0.477 e. The minimum Gasteiger partial charge on any atom is -0.477 e. The van der Waals surface area contributed by atoms with E-state index in [0.717, 1.165) is 19.2 Å². The molecular formula is C22H23F2N3O6S. The number of fused-ring (bicyclic) bond motifs is 1. The second-order valence-electron chi connectivity index (χ2n) is 7.87. The second-order valence-corrected chi connectivity index (χ2v) is 9.33. The van der Waals surface area contributed by atoms with Crippen LogP contribution in [-0.4, -0.2) is 73.0 Å². The lowest BCUT2D eigenvalue weighted by atomic mass is 10.1. The average molecular weight is 496 g/mol. The summed E-state index contributed by atoms with van der Waals surface area (Å²) in [5.41, 5.74) is -0.0519. The molecule has 1 aliphatic rings. The lowest BCUT2D eigenvalue weighted by Gasteiger charge is -2.34. The lowest BCUT2D eigenvalue weighted by Crippen LogP contribution is -2.44. The van der Waals surface area contributed by atoms with Crippen LogP contribution >= 0.6 is 0 Å². The Morgan fingerprint density at radius 1 is 1.03 bits per heavy atom. The van der Waals surface area contributed by atoms with E-state index in [2.05, 4.69) is 4.90 Å². The van der Waals surface area contributed by atoms with Gasteiger partial charge in [-0.3, -0.25) is 9.35 Å². The quantitative estimate of drug-likeness (QED) is 0.531. The molecule has 0 saturated carbocycles. The van der Waals surface area contributed by atoms with Crippen molar-refractivity contribution in [3.8, 4) is 5.69 Å². The molecule has 2 N–H and O–H groups in total. The molecule has 0 spiro atoms. The van der Waals surface area contributed by atoms with Crippen LogP contribution in [-0.2, 0) is 10.1 Å². The van der Waals surface area contributed by atoms with Crippen molar-refractivity contribution in [2.75, 3.05) is 44.4 Å². The molecule has 1 fully saturated rings. The molecule has 2 aromatic carbocycles. The van der Waals surface area contributed by atoms with Crippen molar-refractivity contribution in [3.05, 3.63) is 70.0 Å². The molecule has 1 aromatic heterocycles. The first-order chi connectivity index (χ1) is 15.8. The zero-order valence-corrected chi connectivity index (χ0v) is 19.2. The first-order valence-electron chi connectivity index (χ1n) is 10.1. The number of hydrogen-bond donors (Lipinski definition) is 2. The molecule has 0 atom stereocenters. The second kappa shape index (κ2) is 9.87. The third-order valence-electron chi connectivity index (χ3n) is 5.25. The van der Waals surface area contributed by atoms with Gasteiger partial charge in [0.05, 0.1) is 17.5 Å². The Morgan fingerprint density at radius 2 is 1.59 bits per heavy atom. The van der Waals surface area contributed by atoms with Crippen molar-refractivity contribution < 1.29 is 31.7 Å². The number of likely N-dealkylation sites (N-methyl/N-ethyl adjacent to an activating group) is 1. The Morgan fingerprint density at radius 3 is 2.12 bits per heavy atom. The SMILES string of the molecule is CN1CCN(c2cc3c(cc2F)c(=O)c(C(=O)O)cn3-c2ccc(F)cc2)CC1.CS(=O)(=O)O. The van der Waals surface area contributed by atoms with Crippen LogP contribution in [0, 0.1) is 11.6 Å². The van der Waals surface area contributed by atoms with E-state index in [4.69, 9.17) is 4.55 Å². The summed E-state index contributed by atoms with van der Waals surface area (Å²) in [6, 6.07) is 8.09. The Bertz CT molecular complexity index is 1370. The highest BCUT2D eigenvalue weighted by Crippen LogP contribution is 2.28. The molecule has 0 unspecified atom stereocenters. The fourth-order valence-electron chi connectivity index (χ4n) is 3.59. The van der Waals surface area contributed by atoms with Gasteiger partial charge in [-0.2, -0.15) is 8.42 Å². The van der Waals surface area contributed by atoms with Gasteiger partial charge in [0, 0.05) is 43.4 Å². The fourth-order valence-corrected chi connectivity index (χ4v) is 3.59. The number of carbonyl (C=O) groups is 1. The van der Waals surface area contributed by atoms with Crippen LogP contribution in [0.2, 0.25) is 0 Å². The molecule has 0 radical (unpaired) electrons. The summed E-state index contributed by atoms with van der Waals surface area (Å²) < 4.78 is 55.6. The molecule has 1 saturated heterocycles. The number of halogens is 2. The van der Waals surface area contributed by atoms with Crippen molar-refractivity contribution in [1.29, 1.82) is 0 Å². The van der Waals surface area contributed by atoms with E-state index < -0.39 is 38.7 Å². The lowest BCUT2D eigenvalue weighted by molar-refractivity contribution is 0.0695. The summed E-state index contributed by atoms with van der Waals surface area (Å²) in [6.07, 6.45) is 1.92. The zero-order chi connectivity index (χ0) is 25.2. The highest BCUT2D eigenvalue weighted by molar-refractivity contribution is 7.85. The number of carboxylic acids is 1. The number of benzene rings is 2. The van der Waals surface area contributed by atoms with E-state index in [-0.39, 0.29) is 5.39 Å². The normalized spacial score (nSPS) is 14.6. The van der Waals surface area contributed by atoms with Crippen LogP contribution in [0.1, 0.15) is 10.4 Å². The first-order valence-corrected chi connectivity index (χ1v) is 11.9. The molecule has 3 aromatic rings. The minimum absolute atomic E-state index is 0.0374. The molecule has 1 aliphatic heterocycles. The van der Waals surface area contributed by atoms with Crippen LogP contribution in [0.15, 0.2) is 47.4 Å². The maximum absolute atomic E-state index is 14.9. The summed E-state index contributed by atoms with van der Waals surface area (Å²) in [5, 5.41) is 9.38. The van der Waals surface area contributed by atoms with Crippen LogP contribution in [0.3, 0.4) is 0 Å². The van der Waals surface area contributed by atoms with Gasteiger partial charge < -0.3 is 19.5 Å². The maximum atomic E-state index is 14.9. The summed E-state index contributed by atoms with van der Waals surface area (Å²) in [7, 11) is -1.67. The number of carboxylic acid groups (broad SMARTS) is 1. The summed E-state index contributed by atoms with van der Waals surface area (Å²) >= 11 is 0. The molecule has 0 bridgehead atoms. The summed E-state index contributed by atoms with van der Waals surface area (Å²) in [4.78, 5) is 28.2. The maximum Gasteiger partial charge on any atom is 0.341 e. The van der Waals surface area contributed by atoms with Gasteiger partial charge in [-0.25, -0.2) is 13.6 Å². The van der Waals surface area contributed by atoms with Gasteiger partial charge in [0.1, 0.15) is 17.2 Å². The summed E-state index contributed by atoms with van der Waals surface area (Å²) in [6.45, 7) is 2.82. The Labute approximate surface area is 194 Å². The third kappa shape index (κ3) is 5.95. The van der Waals surface area contributed by atoms with E-state index in [0.29, 0.717) is 36.2 Å². The number of hydrogen-bond acceptors (Lipinski definition) is 6. The van der Waals surface area contributed by atoms with E-state index in [1.165, 1.54) is 35.0 Å². The number of aromatic carboxylic acids is 1. The smallest absolute Gasteiger partial charge is 0.341 e. The van der Waals surface area contributed by atoms with Crippen molar-refractivity contribution in [2.45, 2.75) is 0 Å². The van der Waals surface area contributed by atoms with E-state index >= 15 is 0 Å². The molecular weight excluding hydrogens is 472 g/mol.